The van der Waals surface area contributed by atoms with Crippen molar-refractivity contribution in [1.82, 2.24) is 0 Å². The summed E-state index contributed by atoms with van der Waals surface area (Å²) in [5.41, 5.74) is 2.83. The van der Waals surface area contributed by atoms with E-state index < -0.39 is 0 Å². The quantitative estimate of drug-likeness (QED) is 0.0477. The highest BCUT2D eigenvalue weighted by Gasteiger charge is 2.23. The molecule has 0 radical (unpaired) electrons. The van der Waals surface area contributed by atoms with E-state index in [2.05, 4.69) is 99.1 Å². The van der Waals surface area contributed by atoms with Gasteiger partial charge in [-0.05, 0) is 37.8 Å². The topological polar surface area (TPSA) is 0 Å². The summed E-state index contributed by atoms with van der Waals surface area (Å²) >= 11 is 0. The Bertz CT molecular complexity index is 981. The van der Waals surface area contributed by atoms with Crippen LogP contribution in [0.1, 0.15) is 230 Å². The SMILES string of the molecule is CCCCCCCCCCCCCCCCC/C=C\[N+](/C=C/CCCCCCCCCCCCCCCCC)(Cc1ccccc1)Cc1ccccc1. The lowest BCUT2D eigenvalue weighted by Crippen LogP contribution is -2.35. The van der Waals surface area contributed by atoms with Crippen LogP contribution >= 0.6 is 0 Å². The highest BCUT2D eigenvalue weighted by Crippen LogP contribution is 2.24. The predicted molar refractivity (Wildman–Crippen MR) is 238 cm³/mol. The fraction of sp³-hybridized carbons (Fsp3) is 0.692. The van der Waals surface area contributed by atoms with Crippen LogP contribution in [0.4, 0.5) is 0 Å². The average molecular weight is 727 g/mol. The molecule has 2 rings (SSSR count). The molecule has 0 saturated carbocycles. The second kappa shape index (κ2) is 35.6. The van der Waals surface area contributed by atoms with E-state index in [-0.39, 0.29) is 0 Å². The summed E-state index contributed by atoms with van der Waals surface area (Å²) in [7, 11) is 0. The molecule has 0 amide bonds. The van der Waals surface area contributed by atoms with Crippen LogP contribution in [0.5, 0.6) is 0 Å². The zero-order chi connectivity index (χ0) is 37.6. The van der Waals surface area contributed by atoms with E-state index in [1.165, 1.54) is 217 Å². The Hall–Kier alpha value is -2.12. The van der Waals surface area contributed by atoms with Gasteiger partial charge in [-0.1, -0.05) is 254 Å². The van der Waals surface area contributed by atoms with Gasteiger partial charge < -0.3 is 0 Å². The van der Waals surface area contributed by atoms with Gasteiger partial charge in [0.25, 0.3) is 0 Å². The lowest BCUT2D eigenvalue weighted by Gasteiger charge is -2.31. The molecule has 300 valence electrons. The largest absolute Gasteiger partial charge is 0.264 e. The molecule has 1 heteroatoms. The van der Waals surface area contributed by atoms with Crippen LogP contribution in [0.15, 0.2) is 85.2 Å². The Morgan fingerprint density at radius 1 is 0.321 bits per heavy atom. The second-order valence-electron chi connectivity index (χ2n) is 16.6. The molecular formula is C52H88N+. The van der Waals surface area contributed by atoms with Crippen molar-refractivity contribution in [3.63, 3.8) is 0 Å². The number of unbranched alkanes of at least 4 members (excludes halogenated alkanes) is 30. The fourth-order valence-corrected chi connectivity index (χ4v) is 8.00. The van der Waals surface area contributed by atoms with Crippen LogP contribution < -0.4 is 0 Å². The molecule has 0 saturated heterocycles. The highest BCUT2D eigenvalue weighted by molar-refractivity contribution is 5.16. The summed E-state index contributed by atoms with van der Waals surface area (Å²) in [5.74, 6) is 0. The van der Waals surface area contributed by atoms with Crippen molar-refractivity contribution in [3.05, 3.63) is 96.3 Å². The van der Waals surface area contributed by atoms with Gasteiger partial charge in [0, 0.05) is 11.1 Å². The third-order valence-corrected chi connectivity index (χ3v) is 11.4. The molecule has 0 fully saturated rings. The van der Waals surface area contributed by atoms with E-state index in [0.29, 0.717) is 0 Å². The first-order valence-electron chi connectivity index (χ1n) is 23.6. The van der Waals surface area contributed by atoms with E-state index in [9.17, 15) is 0 Å². The average Bonchev–Trinajstić information content (AvgIpc) is 3.18. The van der Waals surface area contributed by atoms with Crippen LogP contribution in [0.25, 0.3) is 0 Å². The standard InChI is InChI=1S/C52H88N/c1-3-5-7-9-11-13-15-17-19-21-23-25-27-29-31-33-41-47-53(49-51-43-37-35-38-44-51,50-52-45-39-36-40-46-52)48-42-34-32-30-28-26-24-22-20-18-16-14-12-10-8-6-4-2/h35-48H,3-34,49-50H2,1-2H3/q+1/b47-41-,48-42+. The van der Waals surface area contributed by atoms with Gasteiger partial charge in [0.1, 0.15) is 13.1 Å². The normalized spacial score (nSPS) is 12.1. The Labute approximate surface area is 332 Å². The predicted octanol–water partition coefficient (Wildman–Crippen LogP) is 17.8. The van der Waals surface area contributed by atoms with Crippen molar-refractivity contribution in [2.75, 3.05) is 0 Å². The van der Waals surface area contributed by atoms with Crippen molar-refractivity contribution in [2.45, 2.75) is 232 Å². The zero-order valence-corrected chi connectivity index (χ0v) is 35.6. The number of allylic oxidation sites excluding steroid dienone is 2. The van der Waals surface area contributed by atoms with Crippen LogP contribution in [0, 0.1) is 0 Å². The summed E-state index contributed by atoms with van der Waals surface area (Å²) in [5, 5.41) is 0. The first-order valence-corrected chi connectivity index (χ1v) is 23.6. The van der Waals surface area contributed by atoms with E-state index in [1.54, 1.807) is 0 Å². The lowest BCUT2D eigenvalue weighted by atomic mass is 10.0. The molecule has 0 aromatic heterocycles. The van der Waals surface area contributed by atoms with E-state index >= 15 is 0 Å². The van der Waals surface area contributed by atoms with Gasteiger partial charge in [-0.25, -0.2) is 0 Å². The molecule has 0 bridgehead atoms. The van der Waals surface area contributed by atoms with Gasteiger partial charge in [0.05, 0.1) is 12.4 Å². The fourth-order valence-electron chi connectivity index (χ4n) is 8.00. The third-order valence-electron chi connectivity index (χ3n) is 11.4. The van der Waals surface area contributed by atoms with Crippen molar-refractivity contribution < 1.29 is 4.48 Å². The monoisotopic (exact) mass is 727 g/mol. The first kappa shape index (κ1) is 47.0. The van der Waals surface area contributed by atoms with Crippen LogP contribution in [0.2, 0.25) is 0 Å². The number of hydrogen-bond acceptors (Lipinski definition) is 0. The molecule has 0 unspecified atom stereocenters. The number of benzene rings is 2. The molecule has 0 N–H and O–H groups in total. The van der Waals surface area contributed by atoms with Crippen molar-refractivity contribution in [1.29, 1.82) is 0 Å². The Morgan fingerprint density at radius 3 is 0.830 bits per heavy atom. The van der Waals surface area contributed by atoms with Crippen molar-refractivity contribution in [2.24, 2.45) is 0 Å². The lowest BCUT2D eigenvalue weighted by molar-refractivity contribution is -0.856. The summed E-state index contributed by atoms with van der Waals surface area (Å²) in [6.45, 7) is 6.62. The molecule has 0 spiro atoms. The molecule has 2 aromatic rings. The summed E-state index contributed by atoms with van der Waals surface area (Å²) in [6, 6.07) is 22.3. The number of nitrogens with zero attached hydrogens (tertiary/aromatic N) is 1. The van der Waals surface area contributed by atoms with Gasteiger partial charge in [-0.2, -0.15) is 0 Å². The zero-order valence-electron chi connectivity index (χ0n) is 35.6. The van der Waals surface area contributed by atoms with E-state index in [1.807, 2.05) is 0 Å². The molecular weight excluding hydrogens is 639 g/mol. The second-order valence-corrected chi connectivity index (χ2v) is 16.6. The third kappa shape index (κ3) is 28.0. The van der Waals surface area contributed by atoms with Crippen molar-refractivity contribution in [3.8, 4) is 0 Å². The molecule has 0 aliphatic carbocycles. The summed E-state index contributed by atoms with van der Waals surface area (Å²) in [6.07, 6.45) is 55.2. The number of rotatable bonds is 38. The van der Waals surface area contributed by atoms with Crippen LogP contribution in [0.3, 0.4) is 0 Å². The smallest absolute Gasteiger partial charge is 0.113 e. The summed E-state index contributed by atoms with van der Waals surface area (Å²) < 4.78 is 0.867. The van der Waals surface area contributed by atoms with E-state index in [0.717, 1.165) is 17.6 Å². The Morgan fingerprint density at radius 2 is 0.566 bits per heavy atom. The summed E-state index contributed by atoms with van der Waals surface area (Å²) in [4.78, 5) is 0. The van der Waals surface area contributed by atoms with Crippen LogP contribution in [-0.4, -0.2) is 4.48 Å². The Kier molecular flexibility index (Phi) is 31.6. The highest BCUT2D eigenvalue weighted by atomic mass is 15.3. The van der Waals surface area contributed by atoms with E-state index in [4.69, 9.17) is 0 Å². The molecule has 0 atom stereocenters. The molecule has 1 nitrogen and oxygen atoms in total. The molecule has 0 aliphatic rings. The number of hydrogen-bond donors (Lipinski definition) is 0. The van der Waals surface area contributed by atoms with Gasteiger partial charge >= 0.3 is 0 Å². The maximum Gasteiger partial charge on any atom is 0.113 e. The minimum Gasteiger partial charge on any atom is -0.264 e. The Balaban J connectivity index is 1.72. The molecule has 0 aliphatic heterocycles. The number of quaternary nitrogens is 1. The minimum absolute atomic E-state index is 0.867. The van der Waals surface area contributed by atoms with Gasteiger partial charge in [-0.3, -0.25) is 4.48 Å². The maximum atomic E-state index is 2.53. The molecule has 53 heavy (non-hydrogen) atoms. The minimum atomic E-state index is 0.867. The van der Waals surface area contributed by atoms with Gasteiger partial charge in [-0.15, -0.1) is 0 Å². The maximum absolute atomic E-state index is 2.53. The first-order chi connectivity index (χ1) is 26.3. The van der Waals surface area contributed by atoms with Crippen LogP contribution in [-0.2, 0) is 13.1 Å². The molecule has 0 heterocycles. The van der Waals surface area contributed by atoms with Gasteiger partial charge in [0.15, 0.2) is 0 Å². The van der Waals surface area contributed by atoms with Gasteiger partial charge in [0.2, 0.25) is 0 Å². The molecule has 2 aromatic carbocycles. The van der Waals surface area contributed by atoms with Crippen molar-refractivity contribution >= 4 is 0 Å².